The second-order valence-electron chi connectivity index (χ2n) is 9.44. The molecule has 0 saturated carbocycles. The highest BCUT2D eigenvalue weighted by Gasteiger charge is 2.39. The second-order valence-corrected chi connectivity index (χ2v) is 9.44. The number of hydrazone groups is 1. The SMILES string of the molecule is c1ccc(N2N=C(c3nc4ccccc4[nH]3)N(c3ccn4ccccc34)N2c2cccc3ccccc23)cc1. The fourth-order valence-electron chi connectivity index (χ4n) is 5.31. The average Bonchev–Trinajstić information content (AvgIpc) is 3.72. The summed E-state index contributed by atoms with van der Waals surface area (Å²) in [6, 6.07) is 41.4. The number of hydrogen-bond acceptors (Lipinski definition) is 5. The van der Waals surface area contributed by atoms with Crippen LogP contribution in [-0.4, -0.2) is 20.2 Å². The summed E-state index contributed by atoms with van der Waals surface area (Å²) in [6.07, 6.45) is 4.14. The van der Waals surface area contributed by atoms with Gasteiger partial charge >= 0.3 is 0 Å². The molecule has 7 aromatic rings. The Labute approximate surface area is 224 Å². The van der Waals surface area contributed by atoms with Crippen LogP contribution in [0.4, 0.5) is 17.1 Å². The summed E-state index contributed by atoms with van der Waals surface area (Å²) in [5.41, 5.74) is 5.84. The number of amidine groups is 1. The van der Waals surface area contributed by atoms with Crippen molar-refractivity contribution in [2.75, 3.05) is 15.2 Å². The molecule has 7 nitrogen and oxygen atoms in total. The standard InChI is InChI=1S/C32H23N7/c1-2-13-24(14-3-1)38-35-32(31-33-26-16-6-7-17-27(26)34-31)37(30-20-22-36-21-9-8-18-29(30)36)39(38)28-19-10-12-23-11-4-5-15-25(23)28/h1-22H,(H,33,34). The Hall–Kier alpha value is -5.56. The molecule has 1 aliphatic rings. The van der Waals surface area contributed by atoms with Gasteiger partial charge in [-0.25, -0.2) is 9.99 Å². The summed E-state index contributed by atoms with van der Waals surface area (Å²) in [4.78, 5) is 8.48. The van der Waals surface area contributed by atoms with Gasteiger partial charge in [0.05, 0.1) is 33.6 Å². The number of para-hydroxylation sites is 3. The van der Waals surface area contributed by atoms with Crippen LogP contribution in [0.5, 0.6) is 0 Å². The smallest absolute Gasteiger partial charge is 0.219 e. The van der Waals surface area contributed by atoms with Crippen molar-refractivity contribution in [1.29, 1.82) is 0 Å². The number of anilines is 3. The van der Waals surface area contributed by atoms with E-state index in [1.165, 1.54) is 0 Å². The van der Waals surface area contributed by atoms with Crippen molar-refractivity contribution in [3.63, 3.8) is 0 Å². The van der Waals surface area contributed by atoms with Crippen LogP contribution >= 0.6 is 0 Å². The van der Waals surface area contributed by atoms with Crippen molar-refractivity contribution >= 4 is 50.2 Å². The molecule has 0 spiro atoms. The van der Waals surface area contributed by atoms with Crippen LogP contribution in [0.25, 0.3) is 27.3 Å². The Morgan fingerprint density at radius 3 is 2.33 bits per heavy atom. The number of imidazole rings is 1. The molecule has 0 unspecified atom stereocenters. The van der Waals surface area contributed by atoms with Gasteiger partial charge < -0.3 is 9.38 Å². The predicted molar refractivity (Wildman–Crippen MR) is 158 cm³/mol. The van der Waals surface area contributed by atoms with Gasteiger partial charge in [0.25, 0.3) is 0 Å². The van der Waals surface area contributed by atoms with Gasteiger partial charge in [-0.15, -0.1) is 5.10 Å². The zero-order chi connectivity index (χ0) is 25.8. The molecule has 39 heavy (non-hydrogen) atoms. The largest absolute Gasteiger partial charge is 0.335 e. The molecule has 0 bridgehead atoms. The molecule has 0 fully saturated rings. The number of nitrogens with zero attached hydrogens (tertiary/aromatic N) is 6. The predicted octanol–water partition coefficient (Wildman–Crippen LogP) is 6.99. The van der Waals surface area contributed by atoms with Gasteiger partial charge in [0, 0.05) is 17.8 Å². The van der Waals surface area contributed by atoms with Crippen LogP contribution in [0, 0.1) is 0 Å². The molecular weight excluding hydrogens is 482 g/mol. The molecule has 0 radical (unpaired) electrons. The lowest BCUT2D eigenvalue weighted by Gasteiger charge is -2.36. The first-order valence-corrected chi connectivity index (χ1v) is 12.9. The van der Waals surface area contributed by atoms with Gasteiger partial charge in [0.2, 0.25) is 5.84 Å². The number of hydrazine groups is 2. The van der Waals surface area contributed by atoms with Crippen molar-refractivity contribution < 1.29 is 0 Å². The third kappa shape index (κ3) is 3.37. The Bertz CT molecular complexity index is 1970. The van der Waals surface area contributed by atoms with Crippen LogP contribution < -0.4 is 15.2 Å². The Balaban J connectivity index is 1.43. The van der Waals surface area contributed by atoms with Crippen molar-refractivity contribution in [2.24, 2.45) is 5.10 Å². The van der Waals surface area contributed by atoms with E-state index in [0.717, 1.165) is 44.4 Å². The molecule has 1 aliphatic heterocycles. The summed E-state index contributed by atoms with van der Waals surface area (Å²) < 4.78 is 2.12. The van der Waals surface area contributed by atoms with Gasteiger partial charge in [0.15, 0.2) is 5.82 Å². The number of rotatable bonds is 4. The first-order chi connectivity index (χ1) is 19.3. The van der Waals surface area contributed by atoms with Gasteiger partial charge in [0.1, 0.15) is 0 Å². The number of aromatic nitrogens is 3. The Morgan fingerprint density at radius 1 is 0.615 bits per heavy atom. The number of H-pyrrole nitrogens is 1. The first kappa shape index (κ1) is 21.5. The normalized spacial score (nSPS) is 13.6. The van der Waals surface area contributed by atoms with Crippen molar-refractivity contribution in [3.8, 4) is 0 Å². The Morgan fingerprint density at radius 2 is 1.41 bits per heavy atom. The van der Waals surface area contributed by atoms with Gasteiger partial charge in [-0.1, -0.05) is 72.8 Å². The minimum atomic E-state index is 0.690. The molecule has 0 amide bonds. The van der Waals surface area contributed by atoms with Crippen LogP contribution in [-0.2, 0) is 0 Å². The molecule has 3 aromatic heterocycles. The molecule has 0 aliphatic carbocycles. The van der Waals surface area contributed by atoms with Crippen LogP contribution in [0.2, 0.25) is 0 Å². The van der Waals surface area contributed by atoms with E-state index in [1.54, 1.807) is 0 Å². The third-order valence-corrected chi connectivity index (χ3v) is 7.10. The van der Waals surface area contributed by atoms with E-state index < -0.39 is 0 Å². The van der Waals surface area contributed by atoms with E-state index in [2.05, 4.69) is 105 Å². The number of pyridine rings is 1. The highest BCUT2D eigenvalue weighted by atomic mass is 16.0. The number of nitrogens with one attached hydrogen (secondary N) is 1. The van der Waals surface area contributed by atoms with E-state index >= 15 is 0 Å². The molecule has 4 aromatic carbocycles. The van der Waals surface area contributed by atoms with Crippen molar-refractivity contribution in [2.45, 2.75) is 0 Å². The van der Waals surface area contributed by atoms with Crippen LogP contribution in [0.1, 0.15) is 5.82 Å². The lowest BCUT2D eigenvalue weighted by Crippen LogP contribution is -2.49. The third-order valence-electron chi connectivity index (χ3n) is 7.10. The van der Waals surface area contributed by atoms with E-state index in [0.29, 0.717) is 11.7 Å². The van der Waals surface area contributed by atoms with Gasteiger partial charge in [-0.2, -0.15) is 10.2 Å². The second kappa shape index (κ2) is 8.49. The highest BCUT2D eigenvalue weighted by Crippen LogP contribution is 2.39. The lowest BCUT2D eigenvalue weighted by atomic mass is 10.1. The molecule has 0 saturated heterocycles. The van der Waals surface area contributed by atoms with E-state index in [4.69, 9.17) is 10.1 Å². The summed E-state index contributed by atoms with van der Waals surface area (Å²) in [6.45, 7) is 0. The molecule has 8 rings (SSSR count). The molecule has 4 heterocycles. The van der Waals surface area contributed by atoms with Gasteiger partial charge in [-0.3, -0.25) is 0 Å². The number of benzene rings is 4. The highest BCUT2D eigenvalue weighted by molar-refractivity contribution is 6.15. The molecule has 186 valence electrons. The summed E-state index contributed by atoms with van der Waals surface area (Å²) >= 11 is 0. The quantitative estimate of drug-likeness (QED) is 0.280. The van der Waals surface area contributed by atoms with Crippen molar-refractivity contribution in [1.82, 2.24) is 14.4 Å². The monoisotopic (exact) mass is 505 g/mol. The maximum absolute atomic E-state index is 5.23. The average molecular weight is 506 g/mol. The Kier molecular flexibility index (Phi) is 4.69. The fraction of sp³-hybridized carbons (Fsp3) is 0. The lowest BCUT2D eigenvalue weighted by molar-refractivity contribution is 0.823. The number of aromatic amines is 1. The number of hydrogen-bond donors (Lipinski definition) is 1. The van der Waals surface area contributed by atoms with E-state index in [1.807, 2.05) is 53.6 Å². The minimum Gasteiger partial charge on any atom is -0.335 e. The molecule has 0 atom stereocenters. The summed E-state index contributed by atoms with van der Waals surface area (Å²) in [5, 5.41) is 13.8. The zero-order valence-corrected chi connectivity index (χ0v) is 20.9. The van der Waals surface area contributed by atoms with Crippen molar-refractivity contribution in [3.05, 3.63) is 140 Å². The van der Waals surface area contributed by atoms with E-state index in [9.17, 15) is 0 Å². The maximum Gasteiger partial charge on any atom is 0.219 e. The topological polar surface area (TPSA) is 55.2 Å². The molecular formula is C32H23N7. The van der Waals surface area contributed by atoms with E-state index in [-0.39, 0.29) is 0 Å². The summed E-state index contributed by atoms with van der Waals surface area (Å²) in [5.74, 6) is 1.38. The fourth-order valence-corrected chi connectivity index (χ4v) is 5.31. The summed E-state index contributed by atoms with van der Waals surface area (Å²) in [7, 11) is 0. The number of fused-ring (bicyclic) bond motifs is 3. The van der Waals surface area contributed by atoms with Gasteiger partial charge in [-0.05, 0) is 53.9 Å². The maximum atomic E-state index is 5.23. The van der Waals surface area contributed by atoms with Crippen LogP contribution in [0.15, 0.2) is 139 Å². The molecule has 1 N–H and O–H groups in total. The zero-order valence-electron chi connectivity index (χ0n) is 20.9. The first-order valence-electron chi connectivity index (χ1n) is 12.9. The minimum absolute atomic E-state index is 0.690. The molecule has 7 heteroatoms. The van der Waals surface area contributed by atoms with Crippen LogP contribution in [0.3, 0.4) is 0 Å².